The normalized spacial score (nSPS) is 29.0. The molecule has 1 spiro atoms. The number of hydrogen-bond donors (Lipinski definition) is 0. The van der Waals surface area contributed by atoms with Crippen LogP contribution in [0.25, 0.3) is 0 Å². The Kier molecular flexibility index (Phi) is 9.02. The molecule has 0 aromatic carbocycles. The Morgan fingerprint density at radius 3 is 2.20 bits per heavy atom. The number of nitrogens with zero attached hydrogens (tertiary/aromatic N) is 6. The molecular formula is C34H52N6O5. The minimum Gasteiger partial charge on any atom is -0.450 e. The molecule has 6 rings (SSSR count). The smallest absolute Gasteiger partial charge is 0.410 e. The Morgan fingerprint density at radius 1 is 0.956 bits per heavy atom. The summed E-state index contributed by atoms with van der Waals surface area (Å²) in [6, 6.07) is 0. The number of unbranched alkanes of at least 4 members (excludes halogenated alkanes) is 1. The van der Waals surface area contributed by atoms with Crippen molar-refractivity contribution in [3.8, 4) is 0 Å². The van der Waals surface area contributed by atoms with E-state index in [9.17, 15) is 14.4 Å². The van der Waals surface area contributed by atoms with Crippen LogP contribution in [0.3, 0.4) is 0 Å². The number of fused-ring (bicyclic) bond motifs is 1. The minimum absolute atomic E-state index is 0.0144. The van der Waals surface area contributed by atoms with Crippen molar-refractivity contribution in [1.82, 2.24) is 29.6 Å². The molecule has 1 unspecified atom stereocenters. The van der Waals surface area contributed by atoms with Crippen LogP contribution in [0, 0.1) is 37.5 Å². The van der Waals surface area contributed by atoms with Crippen molar-refractivity contribution in [2.24, 2.45) is 23.7 Å². The summed E-state index contributed by atoms with van der Waals surface area (Å²) in [4.78, 5) is 55.9. The summed E-state index contributed by atoms with van der Waals surface area (Å²) < 4.78 is 11.7. The van der Waals surface area contributed by atoms with Crippen molar-refractivity contribution in [3.05, 3.63) is 23.3 Å². The van der Waals surface area contributed by atoms with E-state index in [0.29, 0.717) is 48.9 Å². The summed E-state index contributed by atoms with van der Waals surface area (Å²) >= 11 is 0. The van der Waals surface area contributed by atoms with Gasteiger partial charge < -0.3 is 24.2 Å². The molecular weight excluding hydrogens is 572 g/mol. The number of rotatable bonds is 8. The molecule has 11 nitrogen and oxygen atoms in total. The summed E-state index contributed by atoms with van der Waals surface area (Å²) in [5, 5.41) is 0. The van der Waals surface area contributed by atoms with Gasteiger partial charge in [0, 0.05) is 76.7 Å². The van der Waals surface area contributed by atoms with Gasteiger partial charge in [-0.05, 0) is 64.7 Å². The molecule has 0 N–H and O–H groups in total. The molecule has 11 heteroatoms. The maximum atomic E-state index is 13.5. The molecule has 4 aliphatic heterocycles. The third kappa shape index (κ3) is 6.13. The van der Waals surface area contributed by atoms with E-state index in [1.807, 2.05) is 35.5 Å². The van der Waals surface area contributed by atoms with Crippen molar-refractivity contribution in [2.45, 2.75) is 90.7 Å². The molecule has 1 aliphatic carbocycles. The number of ether oxygens (including phenoxy) is 2. The van der Waals surface area contributed by atoms with Gasteiger partial charge in [-0.2, -0.15) is 0 Å². The highest BCUT2D eigenvalue weighted by Gasteiger charge is 2.59. The first kappa shape index (κ1) is 32.0. The zero-order chi connectivity index (χ0) is 31.9. The highest BCUT2D eigenvalue weighted by atomic mass is 16.6. The highest BCUT2D eigenvalue weighted by molar-refractivity contribution is 5.96. The number of amides is 3. The predicted octanol–water partition coefficient (Wildman–Crippen LogP) is 4.52. The van der Waals surface area contributed by atoms with Gasteiger partial charge in [-0.15, -0.1) is 0 Å². The van der Waals surface area contributed by atoms with Gasteiger partial charge in [0.1, 0.15) is 11.9 Å². The Bertz CT molecular complexity index is 1240. The van der Waals surface area contributed by atoms with Crippen LogP contribution in [0.2, 0.25) is 0 Å². The van der Waals surface area contributed by atoms with Crippen LogP contribution >= 0.6 is 0 Å². The van der Waals surface area contributed by atoms with E-state index in [1.165, 1.54) is 6.33 Å². The molecule has 5 aliphatic rings. The zero-order valence-corrected chi connectivity index (χ0v) is 27.9. The van der Waals surface area contributed by atoms with Gasteiger partial charge in [0.2, 0.25) is 0 Å². The van der Waals surface area contributed by atoms with Gasteiger partial charge in [-0.25, -0.2) is 19.6 Å². The lowest BCUT2D eigenvalue weighted by atomic mass is 9.74. The van der Waals surface area contributed by atoms with Crippen molar-refractivity contribution < 1.29 is 23.9 Å². The average molecular weight is 625 g/mol. The molecule has 1 saturated carbocycles. The monoisotopic (exact) mass is 624 g/mol. The summed E-state index contributed by atoms with van der Waals surface area (Å²) in [7, 11) is 0. The molecule has 5 heterocycles. The van der Waals surface area contributed by atoms with Crippen LogP contribution in [0.15, 0.2) is 6.33 Å². The maximum absolute atomic E-state index is 13.5. The molecule has 1 aromatic heterocycles. The van der Waals surface area contributed by atoms with E-state index in [2.05, 4.69) is 28.7 Å². The van der Waals surface area contributed by atoms with Gasteiger partial charge in [-0.1, -0.05) is 19.8 Å². The summed E-state index contributed by atoms with van der Waals surface area (Å²) in [6.45, 7) is 16.8. The number of aryl methyl sites for hydroxylation is 2. The number of piperidine rings is 3. The summed E-state index contributed by atoms with van der Waals surface area (Å²) in [5.41, 5.74) is 1.73. The molecule has 1 aromatic rings. The van der Waals surface area contributed by atoms with Crippen LogP contribution in [0.4, 0.5) is 9.59 Å². The van der Waals surface area contributed by atoms with Gasteiger partial charge in [0.15, 0.2) is 0 Å². The molecule has 3 amide bonds. The van der Waals surface area contributed by atoms with E-state index < -0.39 is 5.60 Å². The van der Waals surface area contributed by atoms with Crippen LogP contribution < -0.4 is 0 Å². The third-order valence-corrected chi connectivity index (χ3v) is 11.9. The van der Waals surface area contributed by atoms with Gasteiger partial charge >= 0.3 is 12.2 Å². The van der Waals surface area contributed by atoms with Crippen LogP contribution in [0.1, 0.15) is 87.5 Å². The number of likely N-dealkylation sites (tertiary alicyclic amines) is 3. The zero-order valence-electron chi connectivity index (χ0n) is 27.9. The quantitative estimate of drug-likeness (QED) is 0.416. The fourth-order valence-corrected chi connectivity index (χ4v) is 8.82. The van der Waals surface area contributed by atoms with Gasteiger partial charge in [0.25, 0.3) is 5.91 Å². The second-order valence-corrected chi connectivity index (χ2v) is 14.5. The fourth-order valence-electron chi connectivity index (χ4n) is 8.82. The molecule has 0 radical (unpaired) electrons. The van der Waals surface area contributed by atoms with E-state index in [-0.39, 0.29) is 23.6 Å². The van der Waals surface area contributed by atoms with E-state index >= 15 is 0 Å². The number of aromatic nitrogens is 2. The van der Waals surface area contributed by atoms with Crippen molar-refractivity contribution >= 4 is 18.1 Å². The lowest BCUT2D eigenvalue weighted by Crippen LogP contribution is -2.63. The minimum atomic E-state index is -0.394. The Balaban J connectivity index is 1.03. The molecule has 0 bridgehead atoms. The van der Waals surface area contributed by atoms with Crippen LogP contribution in [-0.2, 0) is 9.47 Å². The van der Waals surface area contributed by atoms with E-state index in [1.54, 1.807) is 0 Å². The van der Waals surface area contributed by atoms with E-state index in [0.717, 1.165) is 95.6 Å². The molecule has 5 fully saturated rings. The standard InChI is InChI=1S/C34H52N6O5/c1-6-8-9-25-18-38(19-26-27-20-39(21-28(26)27)31(42)44-7-2)32(43)45-34(25)12-16-40(17-13-34)33(5)10-14-37(15-11-33)30(41)29-23(3)35-22-36-24(29)4/h22,25-28H,6-21H2,1-5H3/t25-,26?,27-,28+/m0/s1. The third-order valence-electron chi connectivity index (χ3n) is 11.9. The van der Waals surface area contributed by atoms with Crippen LogP contribution in [0.5, 0.6) is 0 Å². The molecule has 4 saturated heterocycles. The molecule has 4 atom stereocenters. The van der Waals surface area contributed by atoms with Crippen molar-refractivity contribution in [1.29, 1.82) is 0 Å². The fraction of sp³-hybridized carbons (Fsp3) is 0.794. The number of hydrogen-bond acceptors (Lipinski definition) is 8. The first-order valence-electron chi connectivity index (χ1n) is 17.3. The first-order chi connectivity index (χ1) is 21.6. The molecule has 248 valence electrons. The number of carbonyl (C=O) groups excluding carboxylic acids is 3. The molecule has 45 heavy (non-hydrogen) atoms. The van der Waals surface area contributed by atoms with Crippen molar-refractivity contribution in [3.63, 3.8) is 0 Å². The Labute approximate surface area is 268 Å². The van der Waals surface area contributed by atoms with E-state index in [4.69, 9.17) is 9.47 Å². The SMILES string of the molecule is CCCC[C@H]1CN(CC2[C@H]3CN(C(=O)OCC)C[C@@H]23)C(=O)OC12CCN(C1(C)CCN(C(=O)c3c(C)ncnc3C)CC1)CC2. The largest absolute Gasteiger partial charge is 0.450 e. The lowest BCUT2D eigenvalue weighted by Gasteiger charge is -2.55. The topological polar surface area (TPSA) is 108 Å². The number of carbonyl (C=O) groups is 3. The second-order valence-electron chi connectivity index (χ2n) is 14.5. The summed E-state index contributed by atoms with van der Waals surface area (Å²) in [5.74, 6) is 1.75. The highest BCUT2D eigenvalue weighted by Crippen LogP contribution is 2.53. The average Bonchev–Trinajstić information content (AvgIpc) is 3.44. The lowest BCUT2D eigenvalue weighted by molar-refractivity contribution is -0.133. The van der Waals surface area contributed by atoms with Gasteiger partial charge in [-0.3, -0.25) is 9.69 Å². The predicted molar refractivity (Wildman–Crippen MR) is 169 cm³/mol. The van der Waals surface area contributed by atoms with Gasteiger partial charge in [0.05, 0.1) is 23.6 Å². The van der Waals surface area contributed by atoms with Crippen molar-refractivity contribution in [2.75, 3.05) is 59.0 Å². The Morgan fingerprint density at radius 2 is 1.60 bits per heavy atom. The first-order valence-corrected chi connectivity index (χ1v) is 17.3. The maximum Gasteiger partial charge on any atom is 0.410 e. The van der Waals surface area contributed by atoms with Crippen LogP contribution in [-0.4, -0.2) is 118 Å². The Hall–Kier alpha value is -2.95. The summed E-state index contributed by atoms with van der Waals surface area (Å²) in [6.07, 6.45) is 8.05. The second kappa shape index (κ2) is 12.7.